The van der Waals surface area contributed by atoms with Crippen LogP contribution in [-0.2, 0) is 17.5 Å². The highest BCUT2D eigenvalue weighted by Gasteiger charge is 2.39. The molecule has 2 saturated heterocycles. The molecule has 6 rings (SSSR count). The predicted molar refractivity (Wildman–Crippen MR) is 143 cm³/mol. The number of carbonyl (C=O) groups is 1. The van der Waals surface area contributed by atoms with E-state index in [9.17, 15) is 18.0 Å². The lowest BCUT2D eigenvalue weighted by molar-refractivity contribution is -0.137. The average Bonchev–Trinajstić information content (AvgIpc) is 3.66. The molecule has 39 heavy (non-hydrogen) atoms. The standard InChI is InChI=1S/C26H29F3N8OS/c1-16-13-35(10-11-37(16)21(38)15-36-14-18(12-31-36)17-6-8-30-9-7-17)24-22(34-25(39-24)26(27,28)29)23-32-19-4-2-3-5-20(19)33-23/h2-5,12,14,16-17,30H,6-11,13,15H2,1H3,(H,32,33)/t16-/m1/s1. The number of halogens is 3. The molecule has 1 amide bonds. The second kappa shape index (κ2) is 10.3. The summed E-state index contributed by atoms with van der Waals surface area (Å²) in [4.78, 5) is 28.4. The lowest BCUT2D eigenvalue weighted by Crippen LogP contribution is -2.54. The van der Waals surface area contributed by atoms with Crippen LogP contribution in [0.3, 0.4) is 0 Å². The van der Waals surface area contributed by atoms with Gasteiger partial charge in [0, 0.05) is 31.9 Å². The van der Waals surface area contributed by atoms with Crippen LogP contribution in [-0.4, -0.2) is 74.3 Å². The Labute approximate surface area is 227 Å². The lowest BCUT2D eigenvalue weighted by atomic mass is 9.93. The van der Waals surface area contributed by atoms with Gasteiger partial charge in [0.15, 0.2) is 5.82 Å². The molecular weight excluding hydrogens is 529 g/mol. The molecule has 1 atom stereocenters. The smallest absolute Gasteiger partial charge is 0.358 e. The van der Waals surface area contributed by atoms with E-state index in [1.54, 1.807) is 15.6 Å². The van der Waals surface area contributed by atoms with Crippen molar-refractivity contribution in [2.45, 2.75) is 44.4 Å². The highest BCUT2D eigenvalue weighted by molar-refractivity contribution is 7.16. The number of piperazine rings is 1. The molecule has 0 spiro atoms. The van der Waals surface area contributed by atoms with Gasteiger partial charge in [-0.2, -0.15) is 18.3 Å². The Bertz CT molecular complexity index is 1440. The zero-order valence-electron chi connectivity index (χ0n) is 21.4. The van der Waals surface area contributed by atoms with E-state index >= 15 is 0 Å². The van der Waals surface area contributed by atoms with Gasteiger partial charge in [0.25, 0.3) is 0 Å². The first-order valence-corrected chi connectivity index (χ1v) is 13.9. The number of amides is 1. The van der Waals surface area contributed by atoms with Crippen molar-refractivity contribution in [2.75, 3.05) is 37.6 Å². The van der Waals surface area contributed by atoms with Crippen molar-refractivity contribution in [3.05, 3.63) is 47.2 Å². The molecule has 0 bridgehead atoms. The first kappa shape index (κ1) is 25.8. The van der Waals surface area contributed by atoms with E-state index in [1.165, 1.54) is 0 Å². The summed E-state index contributed by atoms with van der Waals surface area (Å²) in [5.74, 6) is 0.701. The SMILES string of the molecule is C[C@@H]1CN(c2sc(C(F)(F)F)nc2-c2nc3ccccc3[nH]2)CCN1C(=O)Cn1cc(C2CCNCC2)cn1. The number of nitrogens with zero attached hydrogens (tertiary/aromatic N) is 6. The number of aromatic amines is 1. The maximum Gasteiger partial charge on any atom is 0.443 e. The Morgan fingerprint density at radius 3 is 2.69 bits per heavy atom. The second-order valence-electron chi connectivity index (χ2n) is 10.2. The summed E-state index contributed by atoms with van der Waals surface area (Å²) in [5, 5.41) is 7.26. The van der Waals surface area contributed by atoms with Crippen LogP contribution in [0.5, 0.6) is 0 Å². The number of aromatic nitrogens is 5. The number of rotatable bonds is 5. The van der Waals surface area contributed by atoms with Gasteiger partial charge in [0.1, 0.15) is 17.2 Å². The molecule has 206 valence electrons. The number of H-pyrrole nitrogens is 1. The minimum Gasteiger partial charge on any atom is -0.358 e. The van der Waals surface area contributed by atoms with E-state index < -0.39 is 11.2 Å². The summed E-state index contributed by atoms with van der Waals surface area (Å²) in [6, 6.07) is 7.08. The number of fused-ring (bicyclic) bond motifs is 1. The minimum absolute atomic E-state index is 0.0556. The molecule has 9 nitrogen and oxygen atoms in total. The molecule has 1 aromatic carbocycles. The number of carbonyl (C=O) groups excluding carboxylic acids is 1. The number of hydrogen-bond donors (Lipinski definition) is 2. The van der Waals surface area contributed by atoms with E-state index in [2.05, 4.69) is 25.4 Å². The Balaban J connectivity index is 1.18. The molecule has 2 aliphatic heterocycles. The average molecular weight is 559 g/mol. The van der Waals surface area contributed by atoms with Gasteiger partial charge in [-0.3, -0.25) is 9.48 Å². The highest BCUT2D eigenvalue weighted by atomic mass is 32.1. The first-order chi connectivity index (χ1) is 18.8. The molecule has 0 unspecified atom stereocenters. The van der Waals surface area contributed by atoms with Gasteiger partial charge < -0.3 is 20.1 Å². The van der Waals surface area contributed by atoms with E-state index in [0.29, 0.717) is 53.2 Å². The maximum atomic E-state index is 13.7. The number of piperidine rings is 1. The predicted octanol–water partition coefficient (Wildman–Crippen LogP) is 4.11. The largest absolute Gasteiger partial charge is 0.443 e. The van der Waals surface area contributed by atoms with Gasteiger partial charge in [0.2, 0.25) is 10.9 Å². The Morgan fingerprint density at radius 1 is 1.15 bits per heavy atom. The molecular formula is C26H29F3N8OS. The number of hydrogen-bond acceptors (Lipinski definition) is 7. The monoisotopic (exact) mass is 558 g/mol. The molecule has 2 N–H and O–H groups in total. The number of imidazole rings is 1. The third kappa shape index (κ3) is 5.24. The van der Waals surface area contributed by atoms with Gasteiger partial charge in [-0.15, -0.1) is 0 Å². The van der Waals surface area contributed by atoms with E-state index in [4.69, 9.17) is 0 Å². The number of para-hydroxylation sites is 2. The molecule has 2 aliphatic rings. The highest BCUT2D eigenvalue weighted by Crippen LogP contribution is 2.42. The number of benzene rings is 1. The lowest BCUT2D eigenvalue weighted by Gasteiger charge is -2.40. The van der Waals surface area contributed by atoms with Crippen LogP contribution >= 0.6 is 11.3 Å². The van der Waals surface area contributed by atoms with Gasteiger partial charge in [0.05, 0.1) is 17.2 Å². The van der Waals surface area contributed by atoms with Crippen LogP contribution in [0.1, 0.15) is 36.3 Å². The van der Waals surface area contributed by atoms with E-state index in [1.807, 2.05) is 42.4 Å². The molecule has 0 saturated carbocycles. The number of alkyl halides is 3. The fourth-order valence-corrected chi connectivity index (χ4v) is 6.41. The third-order valence-electron chi connectivity index (χ3n) is 7.46. The van der Waals surface area contributed by atoms with Crippen molar-refractivity contribution in [2.24, 2.45) is 0 Å². The maximum absolute atomic E-state index is 13.7. The minimum atomic E-state index is -4.57. The molecule has 3 aromatic heterocycles. The van der Waals surface area contributed by atoms with Crippen molar-refractivity contribution < 1.29 is 18.0 Å². The van der Waals surface area contributed by atoms with Gasteiger partial charge >= 0.3 is 6.18 Å². The van der Waals surface area contributed by atoms with E-state index in [-0.39, 0.29) is 24.2 Å². The summed E-state index contributed by atoms with van der Waals surface area (Å²) >= 11 is 0.616. The molecule has 0 radical (unpaired) electrons. The van der Waals surface area contributed by atoms with Crippen molar-refractivity contribution in [3.63, 3.8) is 0 Å². The zero-order chi connectivity index (χ0) is 27.1. The molecule has 5 heterocycles. The number of nitrogens with one attached hydrogen (secondary N) is 2. The van der Waals surface area contributed by atoms with E-state index in [0.717, 1.165) is 37.0 Å². The third-order valence-corrected chi connectivity index (χ3v) is 8.62. The number of anilines is 1. The van der Waals surface area contributed by atoms with Crippen LogP contribution < -0.4 is 10.2 Å². The fourth-order valence-electron chi connectivity index (χ4n) is 5.44. The van der Waals surface area contributed by atoms with Crippen LogP contribution in [0.25, 0.3) is 22.6 Å². The molecule has 2 fully saturated rings. The second-order valence-corrected chi connectivity index (χ2v) is 11.1. The number of thiazole rings is 1. The first-order valence-electron chi connectivity index (χ1n) is 13.1. The normalized spacial score (nSPS) is 19.2. The summed E-state index contributed by atoms with van der Waals surface area (Å²) in [6.07, 6.45) is 1.37. The van der Waals surface area contributed by atoms with Crippen LogP contribution in [0.15, 0.2) is 36.7 Å². The van der Waals surface area contributed by atoms with Crippen molar-refractivity contribution in [1.82, 2.24) is 34.9 Å². The fraction of sp³-hybridized carbons (Fsp3) is 0.462. The van der Waals surface area contributed by atoms with Gasteiger partial charge in [-0.1, -0.05) is 23.5 Å². The Hall–Kier alpha value is -3.45. The Morgan fingerprint density at radius 2 is 1.95 bits per heavy atom. The molecule has 13 heteroatoms. The summed E-state index contributed by atoms with van der Waals surface area (Å²) in [7, 11) is 0. The topological polar surface area (TPSA) is 95.0 Å². The van der Waals surface area contributed by atoms with Gasteiger partial charge in [-0.25, -0.2) is 9.97 Å². The van der Waals surface area contributed by atoms with Crippen LogP contribution in [0.4, 0.5) is 18.2 Å². The zero-order valence-corrected chi connectivity index (χ0v) is 22.2. The summed E-state index contributed by atoms with van der Waals surface area (Å²) < 4.78 is 42.7. The quantitative estimate of drug-likeness (QED) is 0.383. The van der Waals surface area contributed by atoms with Crippen molar-refractivity contribution >= 4 is 33.3 Å². The van der Waals surface area contributed by atoms with Gasteiger partial charge in [-0.05, 0) is 56.5 Å². The summed E-state index contributed by atoms with van der Waals surface area (Å²) in [5.41, 5.74) is 2.72. The van der Waals surface area contributed by atoms with Crippen molar-refractivity contribution in [1.29, 1.82) is 0 Å². The molecule has 0 aliphatic carbocycles. The van der Waals surface area contributed by atoms with Crippen LogP contribution in [0, 0.1) is 0 Å². The molecule has 4 aromatic rings. The van der Waals surface area contributed by atoms with Crippen LogP contribution in [0.2, 0.25) is 0 Å². The van der Waals surface area contributed by atoms with Crippen molar-refractivity contribution in [3.8, 4) is 11.5 Å². The summed E-state index contributed by atoms with van der Waals surface area (Å²) in [6.45, 7) is 5.19. The Kier molecular flexibility index (Phi) is 6.79.